The predicted molar refractivity (Wildman–Crippen MR) is 114 cm³/mol. The Morgan fingerprint density at radius 2 is 1.82 bits per heavy atom. The Labute approximate surface area is 165 Å². The fourth-order valence-corrected chi connectivity index (χ4v) is 4.48. The molecule has 1 N–H and O–H groups in total. The smallest absolute Gasteiger partial charge is 0.119 e. The highest BCUT2D eigenvalue weighted by Gasteiger charge is 2.30. The lowest BCUT2D eigenvalue weighted by molar-refractivity contribution is 0.205. The van der Waals surface area contributed by atoms with Gasteiger partial charge < -0.3 is 9.72 Å². The molecule has 0 bridgehead atoms. The van der Waals surface area contributed by atoms with Crippen molar-refractivity contribution >= 4 is 10.9 Å². The van der Waals surface area contributed by atoms with Gasteiger partial charge in [0.05, 0.1) is 13.2 Å². The van der Waals surface area contributed by atoms with Crippen LogP contribution in [0.25, 0.3) is 10.9 Å². The summed E-state index contributed by atoms with van der Waals surface area (Å²) in [5, 5.41) is 1.31. The molecule has 1 unspecified atom stereocenters. The molecule has 1 aliphatic heterocycles. The van der Waals surface area contributed by atoms with Gasteiger partial charge in [-0.25, -0.2) is 0 Å². The van der Waals surface area contributed by atoms with Crippen LogP contribution in [0.5, 0.6) is 5.75 Å². The summed E-state index contributed by atoms with van der Waals surface area (Å²) in [7, 11) is 1.73. The average molecular weight is 368 g/mol. The zero-order valence-electron chi connectivity index (χ0n) is 16.1. The van der Waals surface area contributed by atoms with Gasteiger partial charge in [0, 0.05) is 30.2 Å². The van der Waals surface area contributed by atoms with Crippen molar-refractivity contribution in [2.45, 2.75) is 19.0 Å². The van der Waals surface area contributed by atoms with E-state index in [0.29, 0.717) is 0 Å². The van der Waals surface area contributed by atoms with Gasteiger partial charge in [0.25, 0.3) is 0 Å². The molecule has 1 aliphatic rings. The van der Waals surface area contributed by atoms with E-state index in [9.17, 15) is 0 Å². The van der Waals surface area contributed by atoms with E-state index in [4.69, 9.17) is 4.74 Å². The van der Waals surface area contributed by atoms with E-state index < -0.39 is 0 Å². The van der Waals surface area contributed by atoms with Crippen molar-refractivity contribution in [3.63, 3.8) is 0 Å². The van der Waals surface area contributed by atoms with Crippen LogP contribution in [0.4, 0.5) is 0 Å². The van der Waals surface area contributed by atoms with Crippen molar-refractivity contribution in [3.05, 3.63) is 101 Å². The second-order valence-electron chi connectivity index (χ2n) is 7.46. The first-order valence-corrected chi connectivity index (χ1v) is 9.84. The third-order valence-corrected chi connectivity index (χ3v) is 5.82. The molecule has 28 heavy (non-hydrogen) atoms. The highest BCUT2D eigenvalue weighted by atomic mass is 16.5. The van der Waals surface area contributed by atoms with Crippen molar-refractivity contribution in [2.24, 2.45) is 0 Å². The molecule has 3 aromatic carbocycles. The summed E-state index contributed by atoms with van der Waals surface area (Å²) in [5.74, 6) is 0.915. The Hall–Kier alpha value is -3.04. The Balaban J connectivity index is 1.60. The van der Waals surface area contributed by atoms with E-state index >= 15 is 0 Å². The van der Waals surface area contributed by atoms with Crippen LogP contribution in [0.3, 0.4) is 0 Å². The molecule has 2 heterocycles. The van der Waals surface area contributed by atoms with Crippen LogP contribution < -0.4 is 4.74 Å². The fourth-order valence-electron chi connectivity index (χ4n) is 4.48. The van der Waals surface area contributed by atoms with Crippen LogP contribution in [0.2, 0.25) is 0 Å². The Morgan fingerprint density at radius 3 is 2.75 bits per heavy atom. The highest BCUT2D eigenvalue weighted by Crippen LogP contribution is 2.39. The number of hydrogen-bond donors (Lipinski definition) is 1. The van der Waals surface area contributed by atoms with Gasteiger partial charge in [-0.15, -0.1) is 0 Å². The number of nitrogens with one attached hydrogen (secondary N) is 1. The third-order valence-electron chi connectivity index (χ3n) is 5.82. The van der Waals surface area contributed by atoms with Gasteiger partial charge in [-0.3, -0.25) is 4.90 Å². The Bertz CT molecular complexity index is 1110. The van der Waals surface area contributed by atoms with Crippen molar-refractivity contribution in [1.29, 1.82) is 0 Å². The quantitative estimate of drug-likeness (QED) is 0.528. The molecule has 3 heteroatoms. The zero-order chi connectivity index (χ0) is 18.9. The van der Waals surface area contributed by atoms with E-state index in [-0.39, 0.29) is 6.04 Å². The van der Waals surface area contributed by atoms with Crippen molar-refractivity contribution in [3.8, 4) is 5.75 Å². The van der Waals surface area contributed by atoms with Crippen molar-refractivity contribution in [2.75, 3.05) is 13.7 Å². The first kappa shape index (κ1) is 17.1. The number of fused-ring (bicyclic) bond motifs is 2. The summed E-state index contributed by atoms with van der Waals surface area (Å²) in [5.41, 5.74) is 6.71. The number of benzene rings is 3. The van der Waals surface area contributed by atoms with Crippen molar-refractivity contribution < 1.29 is 4.74 Å². The maximum Gasteiger partial charge on any atom is 0.119 e. The molecule has 0 aliphatic carbocycles. The van der Waals surface area contributed by atoms with Gasteiger partial charge in [0.1, 0.15) is 5.75 Å². The SMILES string of the molecule is COc1cccc(CN2CCc3ccccc3C2c2c[nH]c3ccccc23)c1. The molecule has 0 radical (unpaired) electrons. The Kier molecular flexibility index (Phi) is 4.38. The molecule has 0 spiro atoms. The standard InChI is InChI=1S/C25H24N2O/c1-28-20-9-6-7-18(15-20)17-27-14-13-19-8-2-3-10-21(19)25(27)23-16-26-24-12-5-4-11-22(23)24/h2-12,15-16,25-26H,13-14,17H2,1H3. The Morgan fingerprint density at radius 1 is 0.964 bits per heavy atom. The molecule has 4 aromatic rings. The number of aromatic amines is 1. The molecule has 0 fully saturated rings. The van der Waals surface area contributed by atoms with Crippen LogP contribution in [0.1, 0.15) is 28.3 Å². The number of rotatable bonds is 4. The molecule has 0 amide bonds. The minimum atomic E-state index is 0.243. The second-order valence-corrected chi connectivity index (χ2v) is 7.46. The monoisotopic (exact) mass is 368 g/mol. The molecule has 3 nitrogen and oxygen atoms in total. The summed E-state index contributed by atoms with van der Waals surface area (Å²) < 4.78 is 5.43. The summed E-state index contributed by atoms with van der Waals surface area (Å²) in [6.45, 7) is 1.94. The number of H-pyrrole nitrogens is 1. The summed E-state index contributed by atoms with van der Waals surface area (Å²) >= 11 is 0. The summed E-state index contributed by atoms with van der Waals surface area (Å²) in [6.07, 6.45) is 3.27. The van der Waals surface area contributed by atoms with Crippen LogP contribution in [0, 0.1) is 0 Å². The number of hydrogen-bond acceptors (Lipinski definition) is 2. The van der Waals surface area contributed by atoms with Gasteiger partial charge in [-0.05, 0) is 46.9 Å². The van der Waals surface area contributed by atoms with Crippen LogP contribution in [-0.2, 0) is 13.0 Å². The molecule has 140 valence electrons. The van der Waals surface area contributed by atoms with Crippen LogP contribution >= 0.6 is 0 Å². The first-order chi connectivity index (χ1) is 13.8. The predicted octanol–water partition coefficient (Wildman–Crippen LogP) is 5.32. The molecular formula is C25H24N2O. The van der Waals surface area contributed by atoms with E-state index in [1.807, 2.05) is 6.07 Å². The average Bonchev–Trinajstić information content (AvgIpc) is 3.17. The molecule has 1 atom stereocenters. The summed E-state index contributed by atoms with van der Waals surface area (Å²) in [6, 6.07) is 26.1. The maximum absolute atomic E-state index is 5.43. The van der Waals surface area contributed by atoms with Crippen molar-refractivity contribution in [1.82, 2.24) is 9.88 Å². The van der Waals surface area contributed by atoms with Gasteiger partial charge >= 0.3 is 0 Å². The molecule has 0 saturated heterocycles. The van der Waals surface area contributed by atoms with Gasteiger partial charge in [0.2, 0.25) is 0 Å². The largest absolute Gasteiger partial charge is 0.497 e. The van der Waals surface area contributed by atoms with Gasteiger partial charge in [0.15, 0.2) is 0 Å². The lowest BCUT2D eigenvalue weighted by Gasteiger charge is -2.37. The number of methoxy groups -OCH3 is 1. The maximum atomic E-state index is 5.43. The highest BCUT2D eigenvalue weighted by molar-refractivity contribution is 5.84. The lowest BCUT2D eigenvalue weighted by Crippen LogP contribution is -2.35. The number of para-hydroxylation sites is 1. The minimum Gasteiger partial charge on any atom is -0.497 e. The second kappa shape index (κ2) is 7.17. The third kappa shape index (κ3) is 2.98. The zero-order valence-corrected chi connectivity index (χ0v) is 16.1. The van der Waals surface area contributed by atoms with Gasteiger partial charge in [-0.1, -0.05) is 54.6 Å². The van der Waals surface area contributed by atoms with E-state index in [1.54, 1.807) is 7.11 Å². The van der Waals surface area contributed by atoms with Crippen LogP contribution in [0.15, 0.2) is 79.0 Å². The molecular weight excluding hydrogens is 344 g/mol. The van der Waals surface area contributed by atoms with Gasteiger partial charge in [-0.2, -0.15) is 0 Å². The van der Waals surface area contributed by atoms with Crippen LogP contribution in [-0.4, -0.2) is 23.5 Å². The first-order valence-electron chi connectivity index (χ1n) is 9.84. The molecule has 1 aromatic heterocycles. The number of ether oxygens (including phenoxy) is 1. The molecule has 5 rings (SSSR count). The van der Waals surface area contributed by atoms with E-state index in [1.165, 1.54) is 33.2 Å². The normalized spacial score (nSPS) is 16.8. The fraction of sp³-hybridized carbons (Fsp3) is 0.200. The molecule has 0 saturated carbocycles. The number of aromatic nitrogens is 1. The lowest BCUT2D eigenvalue weighted by atomic mass is 9.87. The summed E-state index contributed by atoms with van der Waals surface area (Å²) in [4.78, 5) is 6.06. The van der Waals surface area contributed by atoms with E-state index in [0.717, 1.165) is 25.3 Å². The van der Waals surface area contributed by atoms with E-state index in [2.05, 4.69) is 82.8 Å². The minimum absolute atomic E-state index is 0.243. The number of nitrogens with zero attached hydrogens (tertiary/aromatic N) is 1. The topological polar surface area (TPSA) is 28.3 Å².